The molecule has 1 heterocycles. The Labute approximate surface area is 164 Å². The molecule has 0 radical (unpaired) electrons. The number of nitrogens with zero attached hydrogens (tertiary/aromatic N) is 2. The Kier molecular flexibility index (Phi) is 10.0. The summed E-state index contributed by atoms with van der Waals surface area (Å²) >= 11 is 0. The molecule has 1 amide bonds. The smallest absolute Gasteiger partial charge is 0.225 e. The van der Waals surface area contributed by atoms with Crippen LogP contribution in [-0.2, 0) is 4.79 Å². The Morgan fingerprint density at radius 3 is 2.58 bits per heavy atom. The second-order valence-corrected chi connectivity index (χ2v) is 7.36. The molecule has 5 nitrogen and oxygen atoms in total. The van der Waals surface area contributed by atoms with Crippen LogP contribution in [-0.4, -0.2) is 49.5 Å². The van der Waals surface area contributed by atoms with Gasteiger partial charge >= 0.3 is 0 Å². The Morgan fingerprint density at radius 2 is 1.96 bits per heavy atom. The first-order chi connectivity index (χ1) is 11.1. The number of likely N-dealkylation sites (tertiary alicyclic amines) is 1. The second kappa shape index (κ2) is 11.2. The van der Waals surface area contributed by atoms with Gasteiger partial charge < -0.3 is 15.5 Å². The molecule has 6 heteroatoms. The van der Waals surface area contributed by atoms with Gasteiger partial charge in [-0.05, 0) is 25.2 Å². The van der Waals surface area contributed by atoms with Crippen LogP contribution in [0.3, 0.4) is 0 Å². The van der Waals surface area contributed by atoms with Crippen LogP contribution in [0.5, 0.6) is 0 Å². The van der Waals surface area contributed by atoms with Crippen LogP contribution in [0.4, 0.5) is 0 Å². The van der Waals surface area contributed by atoms with Crippen molar-refractivity contribution in [3.63, 3.8) is 0 Å². The zero-order chi connectivity index (χ0) is 16.7. The number of rotatable bonds is 6. The third kappa shape index (κ3) is 6.76. The van der Waals surface area contributed by atoms with Crippen molar-refractivity contribution in [2.75, 3.05) is 26.7 Å². The number of aliphatic imine (C=N–C) groups is 1. The summed E-state index contributed by atoms with van der Waals surface area (Å²) in [7, 11) is 1.82. The van der Waals surface area contributed by atoms with E-state index >= 15 is 0 Å². The molecule has 1 aliphatic carbocycles. The lowest BCUT2D eigenvalue weighted by atomic mass is 10.0. The molecule has 140 valence electrons. The minimum atomic E-state index is 0. The molecule has 2 fully saturated rings. The van der Waals surface area contributed by atoms with Crippen molar-refractivity contribution in [3.8, 4) is 0 Å². The minimum Gasteiger partial charge on any atom is -0.356 e. The van der Waals surface area contributed by atoms with Crippen molar-refractivity contribution < 1.29 is 4.79 Å². The highest BCUT2D eigenvalue weighted by Gasteiger charge is 2.27. The van der Waals surface area contributed by atoms with E-state index in [-0.39, 0.29) is 35.8 Å². The van der Waals surface area contributed by atoms with Gasteiger partial charge in [0.25, 0.3) is 0 Å². The van der Waals surface area contributed by atoms with E-state index in [1.54, 1.807) is 0 Å². The first-order valence-electron chi connectivity index (χ1n) is 9.36. The van der Waals surface area contributed by atoms with Crippen molar-refractivity contribution in [2.24, 2.45) is 16.8 Å². The van der Waals surface area contributed by atoms with Gasteiger partial charge in [0.2, 0.25) is 5.91 Å². The van der Waals surface area contributed by atoms with Crippen LogP contribution >= 0.6 is 24.0 Å². The van der Waals surface area contributed by atoms with Gasteiger partial charge in [-0.2, -0.15) is 0 Å². The number of hydrogen-bond donors (Lipinski definition) is 2. The van der Waals surface area contributed by atoms with E-state index in [1.165, 1.54) is 38.5 Å². The maximum Gasteiger partial charge on any atom is 0.225 e. The standard InChI is InChI=1S/C18H34N4O.HI/c1-14(2)17(23)22-12-10-16(13-22)21-18(19-3)20-11-6-9-15-7-4-5-8-15;/h14-16H,4-13H2,1-3H3,(H2,19,20,21);1H. The van der Waals surface area contributed by atoms with E-state index < -0.39 is 0 Å². The van der Waals surface area contributed by atoms with Gasteiger partial charge in [0.1, 0.15) is 0 Å². The lowest BCUT2D eigenvalue weighted by Gasteiger charge is -2.20. The maximum atomic E-state index is 12.0. The fraction of sp³-hybridized carbons (Fsp3) is 0.889. The first-order valence-corrected chi connectivity index (χ1v) is 9.36. The molecular weight excluding hydrogens is 415 g/mol. The summed E-state index contributed by atoms with van der Waals surface area (Å²) in [5.74, 6) is 2.17. The minimum absolute atomic E-state index is 0. The van der Waals surface area contributed by atoms with Crippen LogP contribution in [0.1, 0.15) is 58.8 Å². The van der Waals surface area contributed by atoms with E-state index in [2.05, 4.69) is 15.6 Å². The Balaban J connectivity index is 0.00000288. The topological polar surface area (TPSA) is 56.7 Å². The van der Waals surface area contributed by atoms with E-state index in [4.69, 9.17) is 0 Å². The molecule has 1 saturated heterocycles. The Hall–Kier alpha value is -0.530. The van der Waals surface area contributed by atoms with Gasteiger partial charge in [-0.25, -0.2) is 0 Å². The number of carbonyl (C=O) groups is 1. The molecule has 0 spiro atoms. The van der Waals surface area contributed by atoms with Gasteiger partial charge in [0, 0.05) is 38.6 Å². The molecule has 1 atom stereocenters. The molecule has 0 aromatic rings. The van der Waals surface area contributed by atoms with Crippen LogP contribution < -0.4 is 10.6 Å². The number of amides is 1. The van der Waals surface area contributed by atoms with E-state index in [0.29, 0.717) is 6.04 Å². The molecule has 24 heavy (non-hydrogen) atoms. The summed E-state index contributed by atoms with van der Waals surface area (Å²) in [6.45, 7) is 6.56. The van der Waals surface area contributed by atoms with Crippen molar-refractivity contribution in [2.45, 2.75) is 64.8 Å². The zero-order valence-electron chi connectivity index (χ0n) is 15.5. The maximum absolute atomic E-state index is 12.0. The number of nitrogens with one attached hydrogen (secondary N) is 2. The molecule has 0 aromatic heterocycles. The lowest BCUT2D eigenvalue weighted by molar-refractivity contribution is -0.133. The second-order valence-electron chi connectivity index (χ2n) is 7.36. The summed E-state index contributed by atoms with van der Waals surface area (Å²) in [5.41, 5.74) is 0. The Bertz CT molecular complexity index is 408. The summed E-state index contributed by atoms with van der Waals surface area (Å²) in [5, 5.41) is 6.89. The normalized spacial score (nSPS) is 21.9. The third-order valence-corrected chi connectivity index (χ3v) is 5.11. The van der Waals surface area contributed by atoms with Crippen molar-refractivity contribution >= 4 is 35.8 Å². The molecule has 1 saturated carbocycles. The predicted octanol–water partition coefficient (Wildman–Crippen LogP) is 3.00. The van der Waals surface area contributed by atoms with Gasteiger partial charge in [-0.15, -0.1) is 24.0 Å². The first kappa shape index (κ1) is 21.5. The summed E-state index contributed by atoms with van der Waals surface area (Å²) < 4.78 is 0. The monoisotopic (exact) mass is 450 g/mol. The van der Waals surface area contributed by atoms with Gasteiger partial charge in [0.05, 0.1) is 0 Å². The SMILES string of the molecule is CN=C(NCCCC1CCCC1)NC1CCN(C(=O)C(C)C)C1.I. The predicted molar refractivity (Wildman–Crippen MR) is 111 cm³/mol. The number of carbonyl (C=O) groups excluding carboxylic acids is 1. The molecule has 0 bridgehead atoms. The highest BCUT2D eigenvalue weighted by atomic mass is 127. The van der Waals surface area contributed by atoms with Gasteiger partial charge in [-0.1, -0.05) is 39.5 Å². The van der Waals surface area contributed by atoms with Crippen molar-refractivity contribution in [3.05, 3.63) is 0 Å². The highest BCUT2D eigenvalue weighted by molar-refractivity contribution is 14.0. The van der Waals surface area contributed by atoms with E-state index in [9.17, 15) is 4.79 Å². The van der Waals surface area contributed by atoms with Gasteiger partial charge in [0.15, 0.2) is 5.96 Å². The largest absolute Gasteiger partial charge is 0.356 e. The molecule has 1 aliphatic heterocycles. The Morgan fingerprint density at radius 1 is 1.25 bits per heavy atom. The van der Waals surface area contributed by atoms with E-state index in [0.717, 1.165) is 37.9 Å². The van der Waals surface area contributed by atoms with Crippen molar-refractivity contribution in [1.82, 2.24) is 15.5 Å². The number of guanidine groups is 1. The lowest BCUT2D eigenvalue weighted by Crippen LogP contribution is -2.45. The van der Waals surface area contributed by atoms with Crippen LogP contribution in [0, 0.1) is 11.8 Å². The third-order valence-electron chi connectivity index (χ3n) is 5.11. The molecule has 2 rings (SSSR count). The quantitative estimate of drug-likeness (QED) is 0.283. The molecule has 2 aliphatic rings. The molecule has 1 unspecified atom stereocenters. The number of halogens is 1. The van der Waals surface area contributed by atoms with Crippen LogP contribution in [0.15, 0.2) is 4.99 Å². The van der Waals surface area contributed by atoms with E-state index in [1.807, 2.05) is 25.8 Å². The van der Waals surface area contributed by atoms with Crippen LogP contribution in [0.2, 0.25) is 0 Å². The fourth-order valence-electron chi connectivity index (χ4n) is 3.73. The zero-order valence-corrected chi connectivity index (χ0v) is 17.8. The molecule has 2 N–H and O–H groups in total. The number of hydrogen-bond acceptors (Lipinski definition) is 2. The average molecular weight is 450 g/mol. The fourth-order valence-corrected chi connectivity index (χ4v) is 3.73. The summed E-state index contributed by atoms with van der Waals surface area (Å²) in [6, 6.07) is 0.318. The van der Waals surface area contributed by atoms with Crippen molar-refractivity contribution in [1.29, 1.82) is 0 Å². The molecule has 0 aromatic carbocycles. The average Bonchev–Trinajstić information content (AvgIpc) is 3.21. The molecular formula is C18H35IN4O. The summed E-state index contributed by atoms with van der Waals surface area (Å²) in [6.07, 6.45) is 9.26. The van der Waals surface area contributed by atoms with Crippen LogP contribution in [0.25, 0.3) is 0 Å². The van der Waals surface area contributed by atoms with Gasteiger partial charge in [-0.3, -0.25) is 9.79 Å². The summed E-state index contributed by atoms with van der Waals surface area (Å²) in [4.78, 5) is 18.3. The highest BCUT2D eigenvalue weighted by Crippen LogP contribution is 2.28.